The quantitative estimate of drug-likeness (QED) is 0.590. The van der Waals surface area contributed by atoms with Gasteiger partial charge in [-0.2, -0.15) is 0 Å². The lowest BCUT2D eigenvalue weighted by Crippen LogP contribution is -2.45. The number of carbonyl (C=O) groups excluding carboxylic acids is 1. The Bertz CT molecular complexity index is 990. The Morgan fingerprint density at radius 3 is 2.53 bits per heavy atom. The van der Waals surface area contributed by atoms with Crippen LogP contribution in [0.25, 0.3) is 0 Å². The number of hydrogen-bond donors (Lipinski definition) is 1. The predicted molar refractivity (Wildman–Crippen MR) is 129 cm³/mol. The first kappa shape index (κ1) is 22.7. The van der Waals surface area contributed by atoms with Gasteiger partial charge < -0.3 is 9.68 Å². The summed E-state index contributed by atoms with van der Waals surface area (Å²) in [5.74, 6) is 0. The highest BCUT2D eigenvalue weighted by Crippen LogP contribution is 2.36. The van der Waals surface area contributed by atoms with Gasteiger partial charge in [0.1, 0.15) is 5.60 Å². The van der Waals surface area contributed by atoms with Crippen LogP contribution in [0.15, 0.2) is 58.6 Å². The van der Waals surface area contributed by atoms with Crippen molar-refractivity contribution in [2.75, 3.05) is 24.7 Å². The van der Waals surface area contributed by atoms with Gasteiger partial charge in [0.2, 0.25) is 0 Å². The smallest absolute Gasteiger partial charge is 0.388 e. The molecule has 0 saturated carbocycles. The monoisotopic (exact) mass is 453 g/mol. The van der Waals surface area contributed by atoms with E-state index in [-0.39, 0.29) is 11.0 Å². The Kier molecular flexibility index (Phi) is 6.49. The third kappa shape index (κ3) is 5.27. The van der Waals surface area contributed by atoms with Crippen molar-refractivity contribution in [3.05, 3.63) is 59.7 Å². The van der Waals surface area contributed by atoms with Crippen molar-refractivity contribution in [2.45, 2.75) is 55.9 Å². The zero-order chi connectivity index (χ0) is 22.8. The molecule has 32 heavy (non-hydrogen) atoms. The lowest BCUT2D eigenvalue weighted by atomic mass is 9.84. The van der Waals surface area contributed by atoms with Crippen LogP contribution in [0.5, 0.6) is 0 Å². The van der Waals surface area contributed by atoms with E-state index in [2.05, 4.69) is 55.5 Å². The largest absolute Gasteiger partial charge is 0.430 e. The van der Waals surface area contributed by atoms with Crippen molar-refractivity contribution >= 4 is 29.3 Å². The highest BCUT2D eigenvalue weighted by atomic mass is 32.2. The Hall–Kier alpha value is -2.51. The van der Waals surface area contributed by atoms with Gasteiger partial charge in [-0.05, 0) is 41.0 Å². The third-order valence-corrected chi connectivity index (χ3v) is 6.81. The van der Waals surface area contributed by atoms with E-state index in [1.165, 1.54) is 5.56 Å². The highest BCUT2D eigenvalue weighted by Gasteiger charge is 2.43. The second kappa shape index (κ2) is 9.16. The fraction of sp³-hybridized carbons (Fsp3) is 0.440. The molecule has 4 rings (SSSR count). The van der Waals surface area contributed by atoms with Crippen molar-refractivity contribution in [1.82, 2.24) is 5.06 Å². The average molecular weight is 454 g/mol. The molecule has 2 aromatic rings. The van der Waals surface area contributed by atoms with Gasteiger partial charge in [-0.3, -0.25) is 5.32 Å². The Balaban J connectivity index is 1.28. The summed E-state index contributed by atoms with van der Waals surface area (Å²) in [5.41, 5.74) is 3.96. The number of amides is 1. The first-order valence-electron chi connectivity index (χ1n) is 11.0. The van der Waals surface area contributed by atoms with Gasteiger partial charge >= 0.3 is 6.09 Å². The number of carbonyl (C=O) groups is 1. The van der Waals surface area contributed by atoms with Crippen molar-refractivity contribution in [1.29, 1.82) is 0 Å². The van der Waals surface area contributed by atoms with Gasteiger partial charge in [-0.15, -0.1) is 16.8 Å². The summed E-state index contributed by atoms with van der Waals surface area (Å²) in [7, 11) is 0. The number of nitrogens with zero attached hydrogens (tertiary/aromatic N) is 2. The molecule has 0 unspecified atom stereocenters. The van der Waals surface area contributed by atoms with Gasteiger partial charge in [0.05, 0.1) is 5.71 Å². The zero-order valence-electron chi connectivity index (χ0n) is 19.2. The lowest BCUT2D eigenvalue weighted by Gasteiger charge is -2.35. The van der Waals surface area contributed by atoms with E-state index in [1.807, 2.05) is 30.5 Å². The number of hydrogen-bond acceptors (Lipinski definition) is 6. The van der Waals surface area contributed by atoms with E-state index in [4.69, 9.17) is 9.68 Å². The normalized spacial score (nSPS) is 18.2. The molecule has 0 radical (unpaired) electrons. The van der Waals surface area contributed by atoms with Crippen molar-refractivity contribution in [3.63, 3.8) is 0 Å². The fourth-order valence-electron chi connectivity index (χ4n) is 4.05. The zero-order valence-corrected chi connectivity index (χ0v) is 20.0. The molecule has 1 spiro atoms. The summed E-state index contributed by atoms with van der Waals surface area (Å²) in [5, 5.41) is 8.91. The highest BCUT2D eigenvalue weighted by molar-refractivity contribution is 7.98. The molecular formula is C25H31N3O3S. The third-order valence-electron chi connectivity index (χ3n) is 6.09. The standard InChI is InChI=1S/C25H31N3O3S/c1-24(2,3)19-10-8-18(9-11-19)22-17-25(31-27-22)12-14-28(15-13-25)30-23(29)26-20-6-5-7-21(16-20)32-4/h5-11,16H,12-15,17H2,1-4H3,(H,26,29). The maximum atomic E-state index is 12.3. The number of rotatable bonds is 4. The molecule has 170 valence electrons. The molecule has 1 fully saturated rings. The molecule has 0 aliphatic carbocycles. The second-order valence-corrected chi connectivity index (χ2v) is 10.4. The van der Waals surface area contributed by atoms with Crippen LogP contribution in [-0.4, -0.2) is 41.8 Å². The molecule has 0 aromatic heterocycles. The Labute approximate surface area is 194 Å². The summed E-state index contributed by atoms with van der Waals surface area (Å²) < 4.78 is 0. The first-order valence-corrected chi connectivity index (χ1v) is 12.2. The van der Waals surface area contributed by atoms with Gasteiger partial charge in [-0.25, -0.2) is 4.79 Å². The number of oxime groups is 1. The minimum Gasteiger partial charge on any atom is -0.388 e. The van der Waals surface area contributed by atoms with E-state index < -0.39 is 6.09 Å². The molecule has 2 aliphatic heterocycles. The second-order valence-electron chi connectivity index (χ2n) is 9.48. The van der Waals surface area contributed by atoms with E-state index >= 15 is 0 Å². The molecule has 0 atom stereocenters. The van der Waals surface area contributed by atoms with Gasteiger partial charge in [0, 0.05) is 42.9 Å². The van der Waals surface area contributed by atoms with E-state index in [9.17, 15) is 4.79 Å². The van der Waals surface area contributed by atoms with E-state index in [1.54, 1.807) is 16.8 Å². The molecule has 1 amide bonds. The van der Waals surface area contributed by atoms with Crippen LogP contribution in [0, 0.1) is 0 Å². The number of hydroxylamine groups is 2. The first-order chi connectivity index (χ1) is 15.3. The Morgan fingerprint density at radius 2 is 1.88 bits per heavy atom. The molecule has 2 aromatic carbocycles. The summed E-state index contributed by atoms with van der Waals surface area (Å²) >= 11 is 1.63. The number of anilines is 1. The van der Waals surface area contributed by atoms with Crippen LogP contribution < -0.4 is 5.32 Å². The topological polar surface area (TPSA) is 63.2 Å². The van der Waals surface area contributed by atoms with Gasteiger partial charge in [-0.1, -0.05) is 56.3 Å². The van der Waals surface area contributed by atoms with Crippen molar-refractivity contribution in [2.24, 2.45) is 5.16 Å². The number of nitrogens with one attached hydrogen (secondary N) is 1. The molecule has 6 nitrogen and oxygen atoms in total. The Morgan fingerprint density at radius 1 is 1.16 bits per heavy atom. The minimum atomic E-state index is -0.470. The van der Waals surface area contributed by atoms with E-state index in [0.717, 1.165) is 41.1 Å². The summed E-state index contributed by atoms with van der Waals surface area (Å²) in [6.45, 7) is 7.87. The van der Waals surface area contributed by atoms with Gasteiger partial charge in [0.15, 0.2) is 0 Å². The molecule has 1 saturated heterocycles. The molecular weight excluding hydrogens is 422 g/mol. The van der Waals surface area contributed by atoms with Crippen LogP contribution in [0.2, 0.25) is 0 Å². The summed E-state index contributed by atoms with van der Waals surface area (Å²) in [6, 6.07) is 16.3. The average Bonchev–Trinajstić information content (AvgIpc) is 3.19. The molecule has 2 aliphatic rings. The SMILES string of the molecule is CSc1cccc(NC(=O)ON2CCC3(CC2)CC(c2ccc(C(C)(C)C)cc2)=NO3)c1. The van der Waals surface area contributed by atoms with Crippen LogP contribution >= 0.6 is 11.8 Å². The molecule has 0 bridgehead atoms. The number of piperidine rings is 1. The van der Waals surface area contributed by atoms with Crippen LogP contribution in [0.3, 0.4) is 0 Å². The van der Waals surface area contributed by atoms with E-state index in [0.29, 0.717) is 13.1 Å². The maximum absolute atomic E-state index is 12.3. The molecule has 1 N–H and O–H groups in total. The predicted octanol–water partition coefficient (Wildman–Crippen LogP) is 5.83. The maximum Gasteiger partial charge on any atom is 0.430 e. The summed E-state index contributed by atoms with van der Waals surface area (Å²) in [6.07, 6.45) is 3.83. The minimum absolute atomic E-state index is 0.130. The number of thioether (sulfide) groups is 1. The van der Waals surface area contributed by atoms with Crippen molar-refractivity contribution < 1.29 is 14.5 Å². The number of benzene rings is 2. The van der Waals surface area contributed by atoms with Crippen LogP contribution in [0.4, 0.5) is 10.5 Å². The van der Waals surface area contributed by atoms with Crippen LogP contribution in [0.1, 0.15) is 51.2 Å². The van der Waals surface area contributed by atoms with Crippen LogP contribution in [-0.2, 0) is 15.1 Å². The van der Waals surface area contributed by atoms with Crippen molar-refractivity contribution in [3.8, 4) is 0 Å². The summed E-state index contributed by atoms with van der Waals surface area (Å²) in [4.78, 5) is 24.8. The fourth-order valence-corrected chi connectivity index (χ4v) is 4.51. The molecule has 2 heterocycles. The van der Waals surface area contributed by atoms with Gasteiger partial charge in [0.25, 0.3) is 0 Å². The molecule has 7 heteroatoms. The lowest BCUT2D eigenvalue weighted by molar-refractivity contribution is -0.154.